The fourth-order valence-electron chi connectivity index (χ4n) is 3.63. The molecule has 7 nitrogen and oxygen atoms in total. The van der Waals surface area contributed by atoms with E-state index in [0.29, 0.717) is 17.1 Å². The first-order valence-electron chi connectivity index (χ1n) is 10.6. The van der Waals surface area contributed by atoms with Crippen LogP contribution in [0.4, 0.5) is 10.5 Å². The maximum absolute atomic E-state index is 12.4. The van der Waals surface area contributed by atoms with Crippen LogP contribution in [0.15, 0.2) is 53.1 Å². The van der Waals surface area contributed by atoms with Crippen molar-refractivity contribution in [3.63, 3.8) is 0 Å². The number of carbonyl (C=O) groups is 1. The van der Waals surface area contributed by atoms with Crippen molar-refractivity contribution in [2.45, 2.75) is 45.6 Å². The number of benzene rings is 2. The van der Waals surface area contributed by atoms with E-state index in [1.807, 2.05) is 43.3 Å². The van der Waals surface area contributed by atoms with Crippen LogP contribution in [0, 0.1) is 18.8 Å². The minimum Gasteiger partial charge on any atom is -0.441 e. The SMILES string of the molecule is Cc1noc(C#Cc2ccc3c(c2)CCCC3)c1NC(=O)OC(C)c1ccccc1.O=C=O. The number of carbonyl (C=O) groups excluding carboxylic acids is 3. The highest BCUT2D eigenvalue weighted by molar-refractivity contribution is 5.87. The number of hydrogen-bond acceptors (Lipinski definition) is 6. The van der Waals surface area contributed by atoms with Gasteiger partial charge in [0.25, 0.3) is 0 Å². The van der Waals surface area contributed by atoms with Gasteiger partial charge in [-0.25, -0.2) is 4.79 Å². The minimum absolute atomic E-state index is 0.250. The standard InChI is InChI=1S/C25H24N2O3.CO2/c1-17-24(26-25(28)29-18(2)20-8-4-3-5-9-20)23(30-27-17)15-13-19-12-14-21-10-6-7-11-22(21)16-19;2-1-3/h3-5,8-9,12,14,16,18H,6-7,10-11H2,1-2H3,(H,26,28);. The predicted molar refractivity (Wildman–Crippen MR) is 120 cm³/mol. The molecule has 0 radical (unpaired) electrons. The lowest BCUT2D eigenvalue weighted by atomic mass is 9.90. The Morgan fingerprint density at radius 2 is 1.76 bits per heavy atom. The van der Waals surface area contributed by atoms with Gasteiger partial charge in [-0.3, -0.25) is 5.32 Å². The van der Waals surface area contributed by atoms with Crippen molar-refractivity contribution in [3.8, 4) is 11.8 Å². The first-order valence-corrected chi connectivity index (χ1v) is 10.6. The molecule has 1 heterocycles. The molecule has 0 aliphatic heterocycles. The third-order valence-electron chi connectivity index (χ3n) is 5.31. The molecule has 1 unspecified atom stereocenters. The summed E-state index contributed by atoms with van der Waals surface area (Å²) in [5, 5.41) is 6.67. The van der Waals surface area contributed by atoms with Crippen LogP contribution in [0.5, 0.6) is 0 Å². The van der Waals surface area contributed by atoms with Crippen LogP contribution < -0.4 is 5.32 Å². The van der Waals surface area contributed by atoms with Gasteiger partial charge in [-0.15, -0.1) is 0 Å². The number of anilines is 1. The van der Waals surface area contributed by atoms with E-state index in [-0.39, 0.29) is 12.3 Å². The van der Waals surface area contributed by atoms with Crippen molar-refractivity contribution in [2.75, 3.05) is 5.32 Å². The first kappa shape index (κ1) is 23.5. The number of aryl methyl sites for hydroxylation is 3. The Bertz CT molecular complexity index is 1200. The predicted octanol–water partition coefficient (Wildman–Crippen LogP) is 4.99. The topological polar surface area (TPSA) is 98.5 Å². The average molecular weight is 444 g/mol. The smallest absolute Gasteiger partial charge is 0.412 e. The molecule has 1 atom stereocenters. The summed E-state index contributed by atoms with van der Waals surface area (Å²) in [6.07, 6.45) is 4.02. The highest BCUT2D eigenvalue weighted by atomic mass is 16.6. The molecule has 1 amide bonds. The molecule has 0 saturated carbocycles. The van der Waals surface area contributed by atoms with Gasteiger partial charge in [-0.2, -0.15) is 9.59 Å². The second-order valence-corrected chi connectivity index (χ2v) is 7.58. The molecule has 1 N–H and O–H groups in total. The number of rotatable bonds is 3. The summed E-state index contributed by atoms with van der Waals surface area (Å²) in [5.41, 5.74) is 5.62. The number of aromatic nitrogens is 1. The number of hydrogen-bond donors (Lipinski definition) is 1. The molecule has 1 aliphatic carbocycles. The molecule has 0 fully saturated rings. The lowest BCUT2D eigenvalue weighted by Crippen LogP contribution is -2.16. The van der Waals surface area contributed by atoms with E-state index in [9.17, 15) is 4.79 Å². The summed E-state index contributed by atoms with van der Waals surface area (Å²) in [5.74, 6) is 6.44. The Morgan fingerprint density at radius 3 is 2.48 bits per heavy atom. The molecular formula is C26H24N2O5. The number of nitrogens with one attached hydrogen (secondary N) is 1. The highest BCUT2D eigenvalue weighted by Gasteiger charge is 2.17. The zero-order chi connectivity index (χ0) is 23.6. The van der Waals surface area contributed by atoms with Crippen molar-refractivity contribution in [1.29, 1.82) is 0 Å². The maximum Gasteiger partial charge on any atom is 0.412 e. The lowest BCUT2D eigenvalue weighted by Gasteiger charge is -2.15. The Kier molecular flexibility index (Phi) is 8.18. The average Bonchev–Trinajstić information content (AvgIpc) is 3.17. The minimum atomic E-state index is -0.575. The van der Waals surface area contributed by atoms with Crippen LogP contribution in [0.2, 0.25) is 0 Å². The summed E-state index contributed by atoms with van der Waals surface area (Å²) in [6, 6.07) is 15.9. The number of nitrogens with zero attached hydrogens (tertiary/aromatic N) is 1. The molecular weight excluding hydrogens is 420 g/mol. The second kappa shape index (κ2) is 11.5. The third-order valence-corrected chi connectivity index (χ3v) is 5.31. The van der Waals surface area contributed by atoms with Gasteiger partial charge >= 0.3 is 12.2 Å². The molecule has 0 saturated heterocycles. The zero-order valence-corrected chi connectivity index (χ0v) is 18.5. The molecule has 1 aromatic heterocycles. The maximum atomic E-state index is 12.4. The quantitative estimate of drug-likeness (QED) is 0.572. The molecule has 1 aliphatic rings. The van der Waals surface area contributed by atoms with Crippen LogP contribution in [-0.2, 0) is 27.2 Å². The number of amides is 1. The summed E-state index contributed by atoms with van der Waals surface area (Å²) >= 11 is 0. The van der Waals surface area contributed by atoms with E-state index in [1.165, 1.54) is 24.0 Å². The van der Waals surface area contributed by atoms with E-state index in [4.69, 9.17) is 18.8 Å². The van der Waals surface area contributed by atoms with Gasteiger partial charge in [0.05, 0.1) is 0 Å². The fraction of sp³-hybridized carbons (Fsp3) is 0.269. The van der Waals surface area contributed by atoms with Crippen molar-refractivity contribution in [3.05, 3.63) is 82.2 Å². The van der Waals surface area contributed by atoms with Crippen molar-refractivity contribution in [2.24, 2.45) is 0 Å². The Balaban J connectivity index is 0.000000968. The van der Waals surface area contributed by atoms with Gasteiger partial charge in [0.15, 0.2) is 0 Å². The summed E-state index contributed by atoms with van der Waals surface area (Å²) in [4.78, 5) is 28.6. The van der Waals surface area contributed by atoms with Gasteiger partial charge in [0, 0.05) is 5.56 Å². The molecule has 7 heteroatoms. The van der Waals surface area contributed by atoms with Gasteiger partial charge in [-0.1, -0.05) is 47.5 Å². The van der Waals surface area contributed by atoms with Crippen LogP contribution in [0.3, 0.4) is 0 Å². The van der Waals surface area contributed by atoms with Crippen LogP contribution >= 0.6 is 0 Å². The van der Waals surface area contributed by atoms with Gasteiger partial charge in [0.2, 0.25) is 5.76 Å². The summed E-state index contributed by atoms with van der Waals surface area (Å²) in [7, 11) is 0. The lowest BCUT2D eigenvalue weighted by molar-refractivity contribution is -0.191. The molecule has 3 aromatic rings. The van der Waals surface area contributed by atoms with Gasteiger partial charge < -0.3 is 9.26 Å². The van der Waals surface area contributed by atoms with E-state index in [2.05, 4.69) is 34.4 Å². The van der Waals surface area contributed by atoms with Crippen LogP contribution in [-0.4, -0.2) is 17.4 Å². The van der Waals surface area contributed by atoms with E-state index < -0.39 is 6.09 Å². The highest BCUT2D eigenvalue weighted by Crippen LogP contribution is 2.24. The zero-order valence-electron chi connectivity index (χ0n) is 18.5. The summed E-state index contributed by atoms with van der Waals surface area (Å²) < 4.78 is 10.8. The van der Waals surface area contributed by atoms with Crippen molar-refractivity contribution < 1.29 is 23.6 Å². The monoisotopic (exact) mass is 444 g/mol. The molecule has 168 valence electrons. The Hall–Kier alpha value is -4.14. The van der Waals surface area contributed by atoms with E-state index in [1.54, 1.807) is 6.92 Å². The molecule has 0 spiro atoms. The van der Waals surface area contributed by atoms with Crippen molar-refractivity contribution >= 4 is 17.9 Å². The normalized spacial score (nSPS) is 12.5. The molecule has 0 bridgehead atoms. The van der Waals surface area contributed by atoms with E-state index in [0.717, 1.165) is 24.0 Å². The number of fused-ring (bicyclic) bond motifs is 1. The molecule has 4 rings (SSSR count). The molecule has 33 heavy (non-hydrogen) atoms. The van der Waals surface area contributed by atoms with Crippen molar-refractivity contribution in [1.82, 2.24) is 5.16 Å². The summed E-state index contributed by atoms with van der Waals surface area (Å²) in [6.45, 7) is 3.58. The van der Waals surface area contributed by atoms with Crippen LogP contribution in [0.1, 0.15) is 59.6 Å². The molecule has 2 aromatic carbocycles. The first-order chi connectivity index (χ1) is 16.0. The fourth-order valence-corrected chi connectivity index (χ4v) is 3.63. The van der Waals surface area contributed by atoms with Crippen LogP contribution in [0.25, 0.3) is 0 Å². The number of ether oxygens (including phenoxy) is 1. The Labute approximate surface area is 192 Å². The van der Waals surface area contributed by atoms with E-state index >= 15 is 0 Å². The third kappa shape index (κ3) is 6.42. The van der Waals surface area contributed by atoms with Gasteiger partial charge in [-0.05, 0) is 74.3 Å². The largest absolute Gasteiger partial charge is 0.441 e. The second-order valence-electron chi connectivity index (χ2n) is 7.58. The Morgan fingerprint density at radius 1 is 1.06 bits per heavy atom. The van der Waals surface area contributed by atoms with Gasteiger partial charge in [0.1, 0.15) is 17.5 Å².